The number of nitrogens with zero attached hydrogens (tertiary/aromatic N) is 4. The molecule has 1 amide bonds. The fourth-order valence-corrected chi connectivity index (χ4v) is 4.14. The first kappa shape index (κ1) is 18.3. The van der Waals surface area contributed by atoms with Crippen molar-refractivity contribution >= 4 is 27.4 Å². The van der Waals surface area contributed by atoms with Gasteiger partial charge in [-0.2, -0.15) is 4.31 Å². The number of carbonyl (C=O) groups excluding carboxylic acids is 1. The zero-order chi connectivity index (χ0) is 18.6. The Hall–Kier alpha value is -2.52. The molecular weight excluding hydrogens is 354 g/mol. The fourth-order valence-electron chi connectivity index (χ4n) is 2.72. The predicted molar refractivity (Wildman–Crippen MR) is 98.4 cm³/mol. The molecule has 0 bridgehead atoms. The van der Waals surface area contributed by atoms with E-state index in [1.165, 1.54) is 16.4 Å². The van der Waals surface area contributed by atoms with Crippen molar-refractivity contribution in [2.75, 3.05) is 36.4 Å². The summed E-state index contributed by atoms with van der Waals surface area (Å²) in [6.45, 7) is 3.64. The Balaban J connectivity index is 1.66. The molecule has 1 aromatic heterocycles. The Labute approximate surface area is 152 Å². The first-order chi connectivity index (χ1) is 12.5. The zero-order valence-corrected chi connectivity index (χ0v) is 15.3. The number of amides is 1. The van der Waals surface area contributed by atoms with Crippen LogP contribution in [0.3, 0.4) is 0 Å². The van der Waals surface area contributed by atoms with E-state index in [1.807, 2.05) is 4.90 Å². The van der Waals surface area contributed by atoms with Crippen LogP contribution in [0.1, 0.15) is 13.3 Å². The summed E-state index contributed by atoms with van der Waals surface area (Å²) in [4.78, 5) is 21.9. The predicted octanol–water partition coefficient (Wildman–Crippen LogP) is 1.34. The highest BCUT2D eigenvalue weighted by molar-refractivity contribution is 7.89. The van der Waals surface area contributed by atoms with Crippen LogP contribution >= 0.6 is 0 Å². The molecule has 0 atom stereocenters. The smallest absolute Gasteiger partial charge is 0.243 e. The van der Waals surface area contributed by atoms with Crippen molar-refractivity contribution in [2.45, 2.75) is 18.2 Å². The monoisotopic (exact) mass is 375 g/mol. The Morgan fingerprint density at radius 1 is 1.12 bits per heavy atom. The van der Waals surface area contributed by atoms with Crippen molar-refractivity contribution in [3.63, 3.8) is 0 Å². The van der Waals surface area contributed by atoms with Gasteiger partial charge < -0.3 is 10.2 Å². The topological polar surface area (TPSA) is 95.5 Å². The molecule has 138 valence electrons. The maximum absolute atomic E-state index is 12.8. The summed E-state index contributed by atoms with van der Waals surface area (Å²) in [5.74, 6) is 0.640. The summed E-state index contributed by atoms with van der Waals surface area (Å²) in [5, 5.41) is 2.71. The average molecular weight is 375 g/mol. The number of hydrogen-bond acceptors (Lipinski definition) is 6. The van der Waals surface area contributed by atoms with Crippen LogP contribution in [0.15, 0.2) is 47.8 Å². The minimum Gasteiger partial charge on any atom is -0.353 e. The molecule has 9 heteroatoms. The van der Waals surface area contributed by atoms with Gasteiger partial charge in [-0.1, -0.05) is 6.92 Å². The number of piperazine rings is 1. The van der Waals surface area contributed by atoms with Crippen LogP contribution in [0, 0.1) is 0 Å². The Morgan fingerprint density at radius 3 is 2.38 bits per heavy atom. The van der Waals surface area contributed by atoms with Gasteiger partial charge in [0.2, 0.25) is 15.9 Å². The Bertz CT molecular complexity index is 848. The number of nitrogens with one attached hydrogen (secondary N) is 1. The summed E-state index contributed by atoms with van der Waals surface area (Å²) in [6, 6.07) is 6.26. The summed E-state index contributed by atoms with van der Waals surface area (Å²) in [7, 11) is -3.56. The van der Waals surface area contributed by atoms with Crippen LogP contribution in [-0.4, -0.2) is 54.8 Å². The Morgan fingerprint density at radius 2 is 1.81 bits per heavy atom. The van der Waals surface area contributed by atoms with E-state index in [0.717, 1.165) is 5.82 Å². The number of benzene rings is 1. The molecule has 0 unspecified atom stereocenters. The minimum absolute atomic E-state index is 0.110. The van der Waals surface area contributed by atoms with Crippen LogP contribution in [0.25, 0.3) is 0 Å². The molecule has 1 aromatic carbocycles. The molecule has 1 N–H and O–H groups in total. The lowest BCUT2D eigenvalue weighted by Crippen LogP contribution is -2.48. The van der Waals surface area contributed by atoms with Crippen molar-refractivity contribution in [2.24, 2.45) is 0 Å². The maximum atomic E-state index is 12.8. The molecule has 3 rings (SSSR count). The van der Waals surface area contributed by atoms with Gasteiger partial charge in [0.1, 0.15) is 5.82 Å². The molecule has 1 aliphatic rings. The fraction of sp³-hybridized carbons (Fsp3) is 0.353. The van der Waals surface area contributed by atoms with Crippen LogP contribution in [0.4, 0.5) is 11.5 Å². The van der Waals surface area contributed by atoms with E-state index in [4.69, 9.17) is 0 Å². The second kappa shape index (κ2) is 7.79. The first-order valence-electron chi connectivity index (χ1n) is 8.41. The summed E-state index contributed by atoms with van der Waals surface area (Å²) < 4.78 is 27.1. The lowest BCUT2D eigenvalue weighted by molar-refractivity contribution is -0.115. The quantitative estimate of drug-likeness (QED) is 0.847. The number of aromatic nitrogens is 2. The molecule has 2 aromatic rings. The molecule has 0 saturated carbocycles. The standard InChI is InChI=1S/C17H21N5O3S/c1-2-17(23)20-14-3-5-15(6-4-14)26(24,25)22-11-9-21(10-12-22)16-13-18-7-8-19-16/h3-8,13H,2,9-12H2,1H3,(H,20,23). The second-order valence-electron chi connectivity index (χ2n) is 5.88. The third kappa shape index (κ3) is 4.00. The molecular formula is C17H21N5O3S. The van der Waals surface area contributed by atoms with Gasteiger partial charge in [0.05, 0.1) is 11.1 Å². The van der Waals surface area contributed by atoms with Gasteiger partial charge in [-0.25, -0.2) is 13.4 Å². The molecule has 0 aliphatic carbocycles. The molecule has 1 aliphatic heterocycles. The van der Waals surface area contributed by atoms with Crippen LogP contribution in [-0.2, 0) is 14.8 Å². The molecule has 1 saturated heterocycles. The van der Waals surface area contributed by atoms with E-state index < -0.39 is 10.0 Å². The lowest BCUT2D eigenvalue weighted by Gasteiger charge is -2.34. The molecule has 8 nitrogen and oxygen atoms in total. The number of carbonyl (C=O) groups is 1. The average Bonchev–Trinajstić information content (AvgIpc) is 2.69. The second-order valence-corrected chi connectivity index (χ2v) is 7.82. The third-order valence-corrected chi connectivity index (χ3v) is 6.12. The molecule has 26 heavy (non-hydrogen) atoms. The van der Waals surface area contributed by atoms with Crippen LogP contribution in [0.5, 0.6) is 0 Å². The van der Waals surface area contributed by atoms with E-state index >= 15 is 0 Å². The van der Waals surface area contributed by atoms with Crippen molar-refractivity contribution in [1.82, 2.24) is 14.3 Å². The van der Waals surface area contributed by atoms with Gasteiger partial charge >= 0.3 is 0 Å². The van der Waals surface area contributed by atoms with Crippen molar-refractivity contribution in [3.8, 4) is 0 Å². The number of hydrogen-bond donors (Lipinski definition) is 1. The molecule has 0 radical (unpaired) electrons. The molecule has 1 fully saturated rings. The first-order valence-corrected chi connectivity index (χ1v) is 9.85. The molecule has 2 heterocycles. The van der Waals surface area contributed by atoms with Crippen molar-refractivity contribution in [1.29, 1.82) is 0 Å². The van der Waals surface area contributed by atoms with Crippen molar-refractivity contribution in [3.05, 3.63) is 42.9 Å². The summed E-state index contributed by atoms with van der Waals surface area (Å²) in [6.07, 6.45) is 5.28. The lowest BCUT2D eigenvalue weighted by atomic mass is 10.3. The van der Waals surface area contributed by atoms with E-state index in [9.17, 15) is 13.2 Å². The largest absolute Gasteiger partial charge is 0.353 e. The Kier molecular flexibility index (Phi) is 5.48. The highest BCUT2D eigenvalue weighted by Gasteiger charge is 2.28. The van der Waals surface area contributed by atoms with E-state index in [1.54, 1.807) is 37.6 Å². The van der Waals surface area contributed by atoms with Gasteiger partial charge in [-0.3, -0.25) is 9.78 Å². The normalized spacial score (nSPS) is 15.7. The number of rotatable bonds is 5. The highest BCUT2D eigenvalue weighted by Crippen LogP contribution is 2.21. The van der Waals surface area contributed by atoms with Gasteiger partial charge in [-0.15, -0.1) is 0 Å². The summed E-state index contributed by atoms with van der Waals surface area (Å²) >= 11 is 0. The van der Waals surface area contributed by atoms with Gasteiger partial charge in [-0.05, 0) is 24.3 Å². The molecule has 0 spiro atoms. The van der Waals surface area contributed by atoms with E-state index in [-0.39, 0.29) is 10.8 Å². The third-order valence-electron chi connectivity index (χ3n) is 4.21. The van der Waals surface area contributed by atoms with Crippen molar-refractivity contribution < 1.29 is 13.2 Å². The van der Waals surface area contributed by atoms with Gasteiger partial charge in [0.15, 0.2) is 0 Å². The van der Waals surface area contributed by atoms with E-state index in [2.05, 4.69) is 15.3 Å². The van der Waals surface area contributed by atoms with Crippen LogP contribution in [0.2, 0.25) is 0 Å². The highest BCUT2D eigenvalue weighted by atomic mass is 32.2. The van der Waals surface area contributed by atoms with Crippen LogP contribution < -0.4 is 10.2 Å². The SMILES string of the molecule is CCC(=O)Nc1ccc(S(=O)(=O)N2CCN(c3cnccn3)CC2)cc1. The number of anilines is 2. The maximum Gasteiger partial charge on any atom is 0.243 e. The van der Waals surface area contributed by atoms with Gasteiger partial charge in [0, 0.05) is 50.7 Å². The zero-order valence-electron chi connectivity index (χ0n) is 14.5. The summed E-state index contributed by atoms with van der Waals surface area (Å²) in [5.41, 5.74) is 0.586. The minimum atomic E-state index is -3.56. The van der Waals surface area contributed by atoms with E-state index in [0.29, 0.717) is 38.3 Å². The number of sulfonamides is 1. The van der Waals surface area contributed by atoms with Gasteiger partial charge in [0.25, 0.3) is 0 Å².